The van der Waals surface area contributed by atoms with Gasteiger partial charge in [-0.1, -0.05) is 184 Å². The molecule has 7 aromatic rings. The zero-order valence-corrected chi connectivity index (χ0v) is 35.3. The van der Waals surface area contributed by atoms with Gasteiger partial charge in [-0.15, -0.1) is 0 Å². The van der Waals surface area contributed by atoms with E-state index in [9.17, 15) is 0 Å². The Balaban J connectivity index is 1.45. The van der Waals surface area contributed by atoms with Crippen LogP contribution in [0, 0.1) is 5.41 Å². The Morgan fingerprint density at radius 1 is 0.351 bits per heavy atom. The van der Waals surface area contributed by atoms with Crippen LogP contribution < -0.4 is 10.6 Å². The Kier molecular flexibility index (Phi) is 11.0. The first-order chi connectivity index (χ1) is 27.1. The average Bonchev–Trinajstić information content (AvgIpc) is 3.17. The van der Waals surface area contributed by atoms with Crippen LogP contribution >= 0.6 is 0 Å². The van der Waals surface area contributed by atoms with Gasteiger partial charge in [0.25, 0.3) is 0 Å². The van der Waals surface area contributed by atoms with Gasteiger partial charge in [0.2, 0.25) is 0 Å². The van der Waals surface area contributed by atoms with Crippen LogP contribution in [-0.2, 0) is 17.3 Å². The van der Waals surface area contributed by atoms with Crippen molar-refractivity contribution in [3.05, 3.63) is 180 Å². The lowest BCUT2D eigenvalue weighted by Gasteiger charge is -2.27. The second kappa shape index (κ2) is 15.9. The van der Waals surface area contributed by atoms with Crippen molar-refractivity contribution in [3.8, 4) is 44.5 Å². The fourth-order valence-corrected chi connectivity index (χ4v) is 7.64. The Morgan fingerprint density at radius 2 is 0.632 bits per heavy atom. The molecule has 2 heteroatoms. The molecule has 0 unspecified atom stereocenters. The van der Waals surface area contributed by atoms with Crippen molar-refractivity contribution >= 4 is 22.7 Å². The Hall–Kier alpha value is -5.86. The van der Waals surface area contributed by atoms with Crippen molar-refractivity contribution < 1.29 is 0 Å². The molecular weight excluding hydrogens is 689 g/mol. The van der Waals surface area contributed by atoms with Gasteiger partial charge in [0, 0.05) is 33.6 Å². The van der Waals surface area contributed by atoms with Gasteiger partial charge in [-0.25, -0.2) is 0 Å². The predicted molar refractivity (Wildman–Crippen MR) is 248 cm³/mol. The highest BCUT2D eigenvalue weighted by Crippen LogP contribution is 2.45. The van der Waals surface area contributed by atoms with E-state index in [0.717, 1.165) is 29.2 Å². The molecule has 0 bridgehead atoms. The predicted octanol–water partition coefficient (Wildman–Crippen LogP) is 16.0. The third-order valence-electron chi connectivity index (χ3n) is 10.6. The summed E-state index contributed by atoms with van der Waals surface area (Å²) in [5.74, 6) is 0. The lowest BCUT2D eigenvalue weighted by molar-refractivity contribution is 0.411. The summed E-state index contributed by atoms with van der Waals surface area (Å²) in [5.41, 5.74) is 17.7. The minimum absolute atomic E-state index is 0.0369. The zero-order valence-electron chi connectivity index (χ0n) is 35.3. The molecule has 288 valence electrons. The number of rotatable bonds is 9. The van der Waals surface area contributed by atoms with E-state index >= 15 is 0 Å². The summed E-state index contributed by atoms with van der Waals surface area (Å²) < 4.78 is 0. The highest BCUT2D eigenvalue weighted by atomic mass is 14.9. The van der Waals surface area contributed by atoms with E-state index in [1.165, 1.54) is 61.2 Å². The summed E-state index contributed by atoms with van der Waals surface area (Å²) in [6, 6.07) is 59.8. The zero-order chi connectivity index (χ0) is 40.4. The molecule has 2 nitrogen and oxygen atoms in total. The summed E-state index contributed by atoms with van der Waals surface area (Å²) in [4.78, 5) is 0. The van der Waals surface area contributed by atoms with Gasteiger partial charge in [-0.3, -0.25) is 0 Å². The normalized spacial score (nSPS) is 12.0. The lowest BCUT2D eigenvalue weighted by atomic mass is 9.82. The molecule has 0 aliphatic rings. The molecule has 7 aromatic carbocycles. The first-order valence-electron chi connectivity index (χ1n) is 20.4. The second-order valence-corrected chi connectivity index (χ2v) is 18.8. The molecule has 2 N–H and O–H groups in total. The number of anilines is 4. The fourth-order valence-electron chi connectivity index (χ4n) is 7.64. The summed E-state index contributed by atoms with van der Waals surface area (Å²) in [6.45, 7) is 20.8. The molecule has 0 spiro atoms. The Morgan fingerprint density at radius 3 is 0.877 bits per heavy atom. The minimum Gasteiger partial charge on any atom is -0.354 e. The monoisotopic (exact) mass is 746 g/mol. The largest absolute Gasteiger partial charge is 0.354 e. The van der Waals surface area contributed by atoms with E-state index in [2.05, 4.69) is 237 Å². The average molecular weight is 747 g/mol. The van der Waals surface area contributed by atoms with Crippen molar-refractivity contribution in [3.63, 3.8) is 0 Å². The Labute approximate surface area is 342 Å². The van der Waals surface area contributed by atoms with Crippen LogP contribution in [0.25, 0.3) is 44.5 Å². The van der Waals surface area contributed by atoms with E-state index in [1.807, 2.05) is 0 Å². The second-order valence-electron chi connectivity index (χ2n) is 18.8. The number of benzene rings is 7. The van der Waals surface area contributed by atoms with Crippen LogP contribution in [0.3, 0.4) is 0 Å². The number of hydrogen-bond acceptors (Lipinski definition) is 2. The third-order valence-corrected chi connectivity index (χ3v) is 10.6. The van der Waals surface area contributed by atoms with Gasteiger partial charge in [-0.05, 0) is 104 Å². The van der Waals surface area contributed by atoms with Crippen LogP contribution in [0.15, 0.2) is 164 Å². The minimum atomic E-state index is -0.0369. The van der Waals surface area contributed by atoms with Crippen LogP contribution in [-0.4, -0.2) is 0 Å². The maximum atomic E-state index is 4.05. The van der Waals surface area contributed by atoms with E-state index in [-0.39, 0.29) is 16.2 Å². The summed E-state index contributed by atoms with van der Waals surface area (Å²) >= 11 is 0. The topological polar surface area (TPSA) is 24.1 Å². The molecule has 57 heavy (non-hydrogen) atoms. The van der Waals surface area contributed by atoms with Gasteiger partial charge in [0.05, 0.1) is 11.4 Å². The van der Waals surface area contributed by atoms with Crippen LogP contribution in [0.5, 0.6) is 0 Å². The van der Waals surface area contributed by atoms with Crippen molar-refractivity contribution in [1.82, 2.24) is 0 Å². The molecule has 0 saturated carbocycles. The van der Waals surface area contributed by atoms with Crippen LogP contribution in [0.4, 0.5) is 22.7 Å². The molecule has 0 radical (unpaired) electrons. The third kappa shape index (κ3) is 9.41. The standard InChI is InChI=1S/C55H58N2/c1-53(2,3)37-38-30-45(56-51-47(39-22-14-10-15-23-39)32-43(54(4,5)6)33-48(51)40-24-16-11-17-25-40)36-46(31-38)57-52-49(41-26-18-12-19-27-41)34-44(55(7,8)9)35-50(52)42-28-20-13-21-29-42/h10-36,56-57H,37H2,1-9H3. The van der Waals surface area contributed by atoms with E-state index in [4.69, 9.17) is 0 Å². The van der Waals surface area contributed by atoms with Crippen LogP contribution in [0.2, 0.25) is 0 Å². The van der Waals surface area contributed by atoms with E-state index in [0.29, 0.717) is 0 Å². The SMILES string of the molecule is CC(C)(C)Cc1cc(Nc2c(-c3ccccc3)cc(C(C)(C)C)cc2-c2ccccc2)cc(Nc2c(-c3ccccc3)cc(C(C)(C)C)cc2-c2ccccc2)c1. The number of hydrogen-bond donors (Lipinski definition) is 2. The van der Waals surface area contributed by atoms with Gasteiger partial charge in [0.15, 0.2) is 0 Å². The van der Waals surface area contributed by atoms with Crippen molar-refractivity contribution in [2.24, 2.45) is 5.41 Å². The van der Waals surface area contributed by atoms with Gasteiger partial charge < -0.3 is 10.6 Å². The molecule has 7 rings (SSSR count). The van der Waals surface area contributed by atoms with Crippen molar-refractivity contribution in [2.75, 3.05) is 10.6 Å². The summed E-state index contributed by atoms with van der Waals surface area (Å²) in [5, 5.41) is 8.10. The quantitative estimate of drug-likeness (QED) is 0.154. The van der Waals surface area contributed by atoms with Crippen LogP contribution in [0.1, 0.15) is 79.0 Å². The molecule has 0 aliphatic heterocycles. The molecule has 0 heterocycles. The Bertz CT molecular complexity index is 2160. The first-order valence-corrected chi connectivity index (χ1v) is 20.4. The maximum absolute atomic E-state index is 4.05. The molecule has 0 aliphatic carbocycles. The molecule has 0 amide bonds. The summed E-state index contributed by atoms with van der Waals surface area (Å²) in [7, 11) is 0. The molecule has 0 aromatic heterocycles. The highest BCUT2D eigenvalue weighted by Gasteiger charge is 2.24. The van der Waals surface area contributed by atoms with E-state index < -0.39 is 0 Å². The van der Waals surface area contributed by atoms with Gasteiger partial charge >= 0.3 is 0 Å². The maximum Gasteiger partial charge on any atom is 0.0543 e. The van der Waals surface area contributed by atoms with Gasteiger partial charge in [0.1, 0.15) is 0 Å². The fraction of sp³-hybridized carbons (Fsp3) is 0.236. The smallest absolute Gasteiger partial charge is 0.0543 e. The molecular formula is C55H58N2. The van der Waals surface area contributed by atoms with Crippen molar-refractivity contribution in [1.29, 1.82) is 0 Å². The molecule has 0 atom stereocenters. The van der Waals surface area contributed by atoms with Crippen molar-refractivity contribution in [2.45, 2.75) is 79.6 Å². The molecule has 0 fully saturated rings. The molecule has 0 saturated heterocycles. The highest BCUT2D eigenvalue weighted by molar-refractivity contribution is 5.96. The van der Waals surface area contributed by atoms with E-state index in [1.54, 1.807) is 0 Å². The number of nitrogens with one attached hydrogen (secondary N) is 2. The first kappa shape index (κ1) is 39.4. The lowest BCUT2D eigenvalue weighted by Crippen LogP contribution is -2.13. The summed E-state index contributed by atoms with van der Waals surface area (Å²) in [6.07, 6.45) is 0.928. The van der Waals surface area contributed by atoms with Gasteiger partial charge in [-0.2, -0.15) is 0 Å².